The van der Waals surface area contributed by atoms with Crippen molar-refractivity contribution in [2.24, 2.45) is 5.92 Å². The second-order valence-electron chi connectivity index (χ2n) is 6.78. The number of hydrogen-bond donors (Lipinski definition) is 0. The van der Waals surface area contributed by atoms with E-state index in [1.165, 1.54) is 25.7 Å². The fourth-order valence-electron chi connectivity index (χ4n) is 3.98. The Morgan fingerprint density at radius 2 is 2.18 bits per heavy atom. The first-order valence-corrected chi connectivity index (χ1v) is 9.87. The first kappa shape index (κ1) is 14.8. The molecule has 2 saturated heterocycles. The van der Waals surface area contributed by atoms with E-state index in [1.807, 2.05) is 10.9 Å². The normalized spacial score (nSPS) is 33.4. The maximum absolute atomic E-state index is 11.4. The van der Waals surface area contributed by atoms with Crippen molar-refractivity contribution in [2.75, 3.05) is 24.6 Å². The molecule has 122 valence electrons. The zero-order chi connectivity index (χ0) is 14.9. The van der Waals surface area contributed by atoms with E-state index in [0.29, 0.717) is 12.2 Å². The maximum atomic E-state index is 11.4. The molecule has 1 saturated carbocycles. The summed E-state index contributed by atoms with van der Waals surface area (Å²) in [5.74, 6) is 2.35. The Bertz CT molecular complexity index is 527. The second-order valence-corrected chi connectivity index (χ2v) is 8.48. The van der Waals surface area contributed by atoms with E-state index in [-0.39, 0.29) is 0 Å². The fourth-order valence-corrected chi connectivity index (χ4v) is 5.11. The lowest BCUT2D eigenvalue weighted by molar-refractivity contribution is 0.0300. The average molecular weight is 324 g/mol. The van der Waals surface area contributed by atoms with Gasteiger partial charge in [0.1, 0.15) is 0 Å². The number of fused-ring (bicyclic) bond motifs is 1. The summed E-state index contributed by atoms with van der Waals surface area (Å²) in [4.78, 5) is 2.31. The molecule has 0 bridgehead atoms. The highest BCUT2D eigenvalue weighted by atomic mass is 32.2. The summed E-state index contributed by atoms with van der Waals surface area (Å²) >= 11 is 0. The smallest absolute Gasteiger partial charge is 0.0967 e. The molecule has 1 aromatic heterocycles. The van der Waals surface area contributed by atoms with Crippen molar-refractivity contribution in [1.82, 2.24) is 19.9 Å². The highest BCUT2D eigenvalue weighted by Crippen LogP contribution is 2.39. The van der Waals surface area contributed by atoms with E-state index >= 15 is 0 Å². The van der Waals surface area contributed by atoms with Crippen LogP contribution < -0.4 is 0 Å². The van der Waals surface area contributed by atoms with Crippen LogP contribution >= 0.6 is 0 Å². The molecule has 3 unspecified atom stereocenters. The number of aromatic nitrogens is 3. The van der Waals surface area contributed by atoms with Gasteiger partial charge in [-0.05, 0) is 25.2 Å². The van der Waals surface area contributed by atoms with E-state index in [0.717, 1.165) is 49.3 Å². The molecule has 0 N–H and O–H groups in total. The minimum Gasteiger partial charge on any atom is -0.373 e. The molecule has 6 nitrogen and oxygen atoms in total. The van der Waals surface area contributed by atoms with Gasteiger partial charge in [-0.3, -0.25) is 9.11 Å². The molecule has 0 radical (unpaired) electrons. The zero-order valence-corrected chi connectivity index (χ0v) is 13.7. The van der Waals surface area contributed by atoms with Gasteiger partial charge in [-0.25, -0.2) is 4.68 Å². The van der Waals surface area contributed by atoms with Crippen LogP contribution in [0.1, 0.15) is 31.4 Å². The van der Waals surface area contributed by atoms with Gasteiger partial charge in [0.25, 0.3) is 0 Å². The van der Waals surface area contributed by atoms with Gasteiger partial charge in [-0.2, -0.15) is 0 Å². The van der Waals surface area contributed by atoms with E-state index in [2.05, 4.69) is 15.2 Å². The van der Waals surface area contributed by atoms with Crippen LogP contribution in [0.5, 0.6) is 0 Å². The largest absolute Gasteiger partial charge is 0.373 e. The lowest BCUT2D eigenvalue weighted by Gasteiger charge is -2.24. The van der Waals surface area contributed by atoms with Gasteiger partial charge < -0.3 is 4.74 Å². The van der Waals surface area contributed by atoms with Crippen LogP contribution in [0.2, 0.25) is 0 Å². The monoisotopic (exact) mass is 324 g/mol. The molecule has 2 aliphatic heterocycles. The Hall–Kier alpha value is -0.790. The van der Waals surface area contributed by atoms with Crippen LogP contribution in [0.15, 0.2) is 6.20 Å². The van der Waals surface area contributed by atoms with E-state index in [4.69, 9.17) is 4.74 Å². The Kier molecular flexibility index (Phi) is 4.28. The third-order valence-electron chi connectivity index (χ3n) is 5.15. The third-order valence-corrected chi connectivity index (χ3v) is 6.43. The third kappa shape index (κ3) is 3.26. The fraction of sp³-hybridized carbons (Fsp3) is 0.867. The first-order chi connectivity index (χ1) is 10.8. The van der Waals surface area contributed by atoms with Crippen LogP contribution in [-0.4, -0.2) is 60.9 Å². The van der Waals surface area contributed by atoms with Crippen LogP contribution in [0, 0.1) is 5.92 Å². The molecule has 0 amide bonds. The van der Waals surface area contributed by atoms with Crippen molar-refractivity contribution in [3.05, 3.63) is 11.9 Å². The standard InChI is InChI=1S/C15H24N4O2S/c20-22-6-4-18(5-7-22)9-13-10-19(17-16-13)11-14-8-12-2-1-3-15(12)21-14/h10,12,14-15H,1-9,11H2. The van der Waals surface area contributed by atoms with Gasteiger partial charge in [-0.1, -0.05) is 11.6 Å². The summed E-state index contributed by atoms with van der Waals surface area (Å²) in [6, 6.07) is 0. The molecular weight excluding hydrogens is 300 g/mol. The molecule has 0 aromatic carbocycles. The predicted molar refractivity (Wildman–Crippen MR) is 83.8 cm³/mol. The lowest BCUT2D eigenvalue weighted by Crippen LogP contribution is -2.37. The molecule has 7 heteroatoms. The topological polar surface area (TPSA) is 60.2 Å². The average Bonchev–Trinajstić information content (AvgIpc) is 3.18. The highest BCUT2D eigenvalue weighted by molar-refractivity contribution is 7.85. The Labute approximate surface area is 133 Å². The molecular formula is C15H24N4O2S. The van der Waals surface area contributed by atoms with Crippen molar-refractivity contribution in [3.8, 4) is 0 Å². The molecule has 3 atom stereocenters. The van der Waals surface area contributed by atoms with Crippen molar-refractivity contribution in [1.29, 1.82) is 0 Å². The predicted octanol–water partition coefficient (Wildman–Crippen LogP) is 0.800. The number of nitrogens with zero attached hydrogens (tertiary/aromatic N) is 4. The summed E-state index contributed by atoms with van der Waals surface area (Å²) in [6.07, 6.45) is 7.93. The maximum Gasteiger partial charge on any atom is 0.0967 e. The van der Waals surface area contributed by atoms with Crippen LogP contribution in [0.3, 0.4) is 0 Å². The SMILES string of the molecule is O=S1CCN(Cc2cn(CC3CC4CCCC4O3)nn2)CC1. The number of hydrogen-bond acceptors (Lipinski definition) is 5. The molecule has 4 rings (SSSR count). The Morgan fingerprint density at radius 3 is 3.00 bits per heavy atom. The molecule has 3 fully saturated rings. The summed E-state index contributed by atoms with van der Waals surface area (Å²) < 4.78 is 19.4. The van der Waals surface area contributed by atoms with Gasteiger partial charge in [0.05, 0.1) is 24.4 Å². The van der Waals surface area contributed by atoms with Gasteiger partial charge in [0, 0.05) is 48.1 Å². The summed E-state index contributed by atoms with van der Waals surface area (Å²) in [5.41, 5.74) is 1.01. The van der Waals surface area contributed by atoms with Crippen LogP contribution in [0.25, 0.3) is 0 Å². The molecule has 3 aliphatic rings. The van der Waals surface area contributed by atoms with Gasteiger partial charge in [0.15, 0.2) is 0 Å². The molecule has 3 heterocycles. The van der Waals surface area contributed by atoms with Gasteiger partial charge >= 0.3 is 0 Å². The second kappa shape index (κ2) is 6.37. The van der Waals surface area contributed by atoms with Crippen LogP contribution in [0.4, 0.5) is 0 Å². The Morgan fingerprint density at radius 1 is 1.32 bits per heavy atom. The Balaban J connectivity index is 1.29. The molecule has 0 spiro atoms. The van der Waals surface area contributed by atoms with Gasteiger partial charge in [0.2, 0.25) is 0 Å². The van der Waals surface area contributed by atoms with Crippen LogP contribution in [-0.2, 0) is 28.6 Å². The number of ether oxygens (including phenoxy) is 1. The van der Waals surface area contributed by atoms with E-state index < -0.39 is 10.8 Å². The zero-order valence-electron chi connectivity index (χ0n) is 12.9. The minimum atomic E-state index is -0.619. The summed E-state index contributed by atoms with van der Waals surface area (Å²) in [7, 11) is -0.619. The molecule has 1 aliphatic carbocycles. The first-order valence-electron chi connectivity index (χ1n) is 8.38. The van der Waals surface area contributed by atoms with E-state index in [9.17, 15) is 4.21 Å². The lowest BCUT2D eigenvalue weighted by atomic mass is 10.0. The summed E-state index contributed by atoms with van der Waals surface area (Å²) in [5, 5.41) is 8.54. The quantitative estimate of drug-likeness (QED) is 0.820. The summed E-state index contributed by atoms with van der Waals surface area (Å²) in [6.45, 7) is 3.43. The van der Waals surface area contributed by atoms with Crippen molar-refractivity contribution < 1.29 is 8.95 Å². The minimum absolute atomic E-state index is 0.308. The molecule has 22 heavy (non-hydrogen) atoms. The van der Waals surface area contributed by atoms with Crippen molar-refractivity contribution in [3.63, 3.8) is 0 Å². The van der Waals surface area contributed by atoms with Crippen molar-refractivity contribution in [2.45, 2.75) is 51.0 Å². The van der Waals surface area contributed by atoms with Gasteiger partial charge in [-0.15, -0.1) is 5.10 Å². The van der Waals surface area contributed by atoms with E-state index in [1.54, 1.807) is 0 Å². The van der Waals surface area contributed by atoms with Crippen molar-refractivity contribution >= 4 is 10.8 Å². The number of rotatable bonds is 4. The molecule has 1 aromatic rings. The highest BCUT2D eigenvalue weighted by Gasteiger charge is 2.38.